The van der Waals surface area contributed by atoms with Crippen molar-refractivity contribution in [1.82, 2.24) is 14.8 Å². The van der Waals surface area contributed by atoms with E-state index in [1.165, 1.54) is 0 Å². The highest BCUT2D eigenvalue weighted by atomic mass is 19.3. The summed E-state index contributed by atoms with van der Waals surface area (Å²) >= 11 is 0. The minimum Gasteiger partial charge on any atom is -0.293 e. The van der Waals surface area contributed by atoms with E-state index in [1.807, 2.05) is 0 Å². The van der Waals surface area contributed by atoms with Crippen LogP contribution in [0.3, 0.4) is 0 Å². The molecule has 2 rings (SSSR count). The second kappa shape index (κ2) is 4.93. The van der Waals surface area contributed by atoms with Gasteiger partial charge >= 0.3 is 5.69 Å². The van der Waals surface area contributed by atoms with Crippen molar-refractivity contribution >= 4 is 0 Å². The maximum Gasteiger partial charge on any atom is 0.346 e. The van der Waals surface area contributed by atoms with Crippen molar-refractivity contribution in [2.75, 3.05) is 0 Å². The summed E-state index contributed by atoms with van der Waals surface area (Å²) in [6.45, 7) is 0. The molecule has 7 heteroatoms. The number of rotatable bonds is 4. The molecule has 17 heavy (non-hydrogen) atoms. The number of hydrogen-bond acceptors (Lipinski definition) is 2. The summed E-state index contributed by atoms with van der Waals surface area (Å²) in [5.41, 5.74) is -0.911. The van der Waals surface area contributed by atoms with E-state index in [9.17, 15) is 18.0 Å². The Bertz CT molecular complexity index is 423. The number of aromatic nitrogens is 3. The van der Waals surface area contributed by atoms with E-state index in [0.717, 1.165) is 25.7 Å². The summed E-state index contributed by atoms with van der Waals surface area (Å²) in [5, 5.41) is 3.59. The SMILES string of the molecule is O=c1[nH]c(CC2CCCC2)nn1C(F)C(F)F. The van der Waals surface area contributed by atoms with Gasteiger partial charge in [-0.3, -0.25) is 4.98 Å². The van der Waals surface area contributed by atoms with Gasteiger partial charge in [-0.25, -0.2) is 18.0 Å². The topological polar surface area (TPSA) is 50.7 Å². The Kier molecular flexibility index (Phi) is 3.54. The van der Waals surface area contributed by atoms with Gasteiger partial charge in [-0.1, -0.05) is 25.7 Å². The second-order valence-electron chi connectivity index (χ2n) is 4.38. The lowest BCUT2D eigenvalue weighted by molar-refractivity contribution is -0.00162. The highest BCUT2D eigenvalue weighted by Crippen LogP contribution is 2.27. The van der Waals surface area contributed by atoms with Crippen LogP contribution in [0.5, 0.6) is 0 Å². The molecule has 1 aliphatic rings. The van der Waals surface area contributed by atoms with E-state index in [4.69, 9.17) is 0 Å². The fourth-order valence-corrected chi connectivity index (χ4v) is 2.23. The Labute approximate surface area is 95.8 Å². The van der Waals surface area contributed by atoms with Crippen molar-refractivity contribution in [1.29, 1.82) is 0 Å². The number of alkyl halides is 3. The Hall–Kier alpha value is -1.27. The zero-order valence-electron chi connectivity index (χ0n) is 9.20. The molecule has 0 bridgehead atoms. The fraction of sp³-hybridized carbons (Fsp3) is 0.800. The summed E-state index contributed by atoms with van der Waals surface area (Å²) in [7, 11) is 0. The largest absolute Gasteiger partial charge is 0.346 e. The zero-order chi connectivity index (χ0) is 12.4. The van der Waals surface area contributed by atoms with Crippen molar-refractivity contribution in [2.45, 2.75) is 44.8 Å². The molecule has 4 nitrogen and oxygen atoms in total. The number of aromatic amines is 1. The first-order chi connectivity index (χ1) is 8.08. The molecule has 0 radical (unpaired) electrons. The number of halogens is 3. The molecule has 0 spiro atoms. The molecule has 1 aromatic rings. The summed E-state index contributed by atoms with van der Waals surface area (Å²) < 4.78 is 37.4. The highest BCUT2D eigenvalue weighted by Gasteiger charge is 2.26. The molecule has 0 aromatic carbocycles. The molecule has 96 valence electrons. The molecule has 0 aliphatic heterocycles. The predicted octanol–water partition coefficient (Wildman–Crippen LogP) is 2.04. The molecule has 1 N–H and O–H groups in total. The van der Waals surface area contributed by atoms with E-state index >= 15 is 0 Å². The molecule has 1 heterocycles. The quantitative estimate of drug-likeness (QED) is 0.887. The third kappa shape index (κ3) is 2.70. The van der Waals surface area contributed by atoms with Crippen LogP contribution in [-0.4, -0.2) is 21.2 Å². The second-order valence-corrected chi connectivity index (χ2v) is 4.38. The van der Waals surface area contributed by atoms with E-state index in [-0.39, 0.29) is 4.68 Å². The van der Waals surface area contributed by atoms with Gasteiger partial charge in [-0.15, -0.1) is 0 Å². The molecule has 1 aromatic heterocycles. The maximum atomic E-state index is 13.0. The molecule has 1 unspecified atom stereocenters. The molecule has 0 saturated heterocycles. The van der Waals surface area contributed by atoms with Gasteiger partial charge in [0.1, 0.15) is 5.82 Å². The minimum atomic E-state index is -3.24. The zero-order valence-corrected chi connectivity index (χ0v) is 9.20. The average Bonchev–Trinajstić information content (AvgIpc) is 2.87. The normalized spacial score (nSPS) is 19.1. The van der Waals surface area contributed by atoms with Gasteiger partial charge in [-0.2, -0.15) is 9.78 Å². The van der Waals surface area contributed by atoms with Crippen molar-refractivity contribution in [3.63, 3.8) is 0 Å². The third-order valence-electron chi connectivity index (χ3n) is 3.09. The lowest BCUT2D eigenvalue weighted by Crippen LogP contribution is -2.25. The van der Waals surface area contributed by atoms with Crippen molar-refractivity contribution in [3.05, 3.63) is 16.3 Å². The van der Waals surface area contributed by atoms with Gasteiger partial charge in [0.25, 0.3) is 12.7 Å². The molecular formula is C10H14F3N3O. The summed E-state index contributed by atoms with van der Waals surface area (Å²) in [6.07, 6.45) is -1.02. The van der Waals surface area contributed by atoms with Gasteiger partial charge in [0.05, 0.1) is 0 Å². The van der Waals surface area contributed by atoms with Crippen LogP contribution in [0.25, 0.3) is 0 Å². The molecule has 1 aliphatic carbocycles. The van der Waals surface area contributed by atoms with Crippen LogP contribution in [-0.2, 0) is 6.42 Å². The lowest BCUT2D eigenvalue weighted by Gasteiger charge is -2.06. The first-order valence-electron chi connectivity index (χ1n) is 5.68. The standard InChI is InChI=1S/C10H14F3N3O/c11-8(12)9(13)16-10(17)14-7(15-16)5-6-3-1-2-4-6/h6,8-9H,1-5H2,(H,14,15,17). The van der Waals surface area contributed by atoms with Gasteiger partial charge in [-0.05, 0) is 5.92 Å². The Morgan fingerprint density at radius 1 is 1.35 bits per heavy atom. The van der Waals surface area contributed by atoms with Crippen LogP contribution in [0.2, 0.25) is 0 Å². The molecule has 0 amide bonds. The lowest BCUT2D eigenvalue weighted by atomic mass is 10.0. The van der Waals surface area contributed by atoms with Crippen molar-refractivity contribution in [3.8, 4) is 0 Å². The van der Waals surface area contributed by atoms with E-state index in [2.05, 4.69) is 10.1 Å². The molecule has 1 fully saturated rings. The molecule has 1 atom stereocenters. The minimum absolute atomic E-state index is 0.189. The van der Waals surface area contributed by atoms with Crippen LogP contribution in [0.15, 0.2) is 4.79 Å². The Balaban J connectivity index is 2.09. The Morgan fingerprint density at radius 3 is 2.59 bits per heavy atom. The summed E-state index contributed by atoms with van der Waals surface area (Å²) in [4.78, 5) is 13.6. The van der Waals surface area contributed by atoms with Gasteiger partial charge < -0.3 is 0 Å². The third-order valence-corrected chi connectivity index (χ3v) is 3.09. The highest BCUT2D eigenvalue weighted by molar-refractivity contribution is 4.87. The fourth-order valence-electron chi connectivity index (χ4n) is 2.23. The smallest absolute Gasteiger partial charge is 0.293 e. The van der Waals surface area contributed by atoms with Crippen LogP contribution in [0, 0.1) is 5.92 Å². The summed E-state index contributed by atoms with van der Waals surface area (Å²) in [6, 6.07) is 0. The Morgan fingerprint density at radius 2 is 2.00 bits per heavy atom. The average molecular weight is 249 g/mol. The van der Waals surface area contributed by atoms with Crippen LogP contribution in [0.4, 0.5) is 13.2 Å². The van der Waals surface area contributed by atoms with Gasteiger partial charge in [0, 0.05) is 6.42 Å². The van der Waals surface area contributed by atoms with Crippen molar-refractivity contribution < 1.29 is 13.2 Å². The predicted molar refractivity (Wildman–Crippen MR) is 54.7 cm³/mol. The van der Waals surface area contributed by atoms with Crippen LogP contribution < -0.4 is 5.69 Å². The van der Waals surface area contributed by atoms with Crippen LogP contribution in [0.1, 0.15) is 37.8 Å². The summed E-state index contributed by atoms with van der Waals surface area (Å²) in [5.74, 6) is 0.712. The first-order valence-corrected chi connectivity index (χ1v) is 5.68. The number of H-pyrrole nitrogens is 1. The van der Waals surface area contributed by atoms with Crippen molar-refractivity contribution in [2.24, 2.45) is 5.92 Å². The van der Waals surface area contributed by atoms with Gasteiger partial charge in [0.2, 0.25) is 0 Å². The maximum absolute atomic E-state index is 13.0. The van der Waals surface area contributed by atoms with Crippen LogP contribution >= 0.6 is 0 Å². The monoisotopic (exact) mass is 249 g/mol. The number of nitrogens with one attached hydrogen (secondary N) is 1. The van der Waals surface area contributed by atoms with E-state index in [1.54, 1.807) is 0 Å². The van der Waals surface area contributed by atoms with Gasteiger partial charge in [0.15, 0.2) is 0 Å². The molecular weight excluding hydrogens is 235 g/mol. The van der Waals surface area contributed by atoms with E-state index in [0.29, 0.717) is 18.2 Å². The number of hydrogen-bond donors (Lipinski definition) is 1. The first kappa shape index (κ1) is 12.2. The molecule has 1 saturated carbocycles. The number of nitrogens with zero attached hydrogens (tertiary/aromatic N) is 2. The van der Waals surface area contributed by atoms with E-state index < -0.39 is 18.4 Å².